The summed E-state index contributed by atoms with van der Waals surface area (Å²) >= 11 is 0. The second-order valence-corrected chi connectivity index (χ2v) is 3.96. The highest BCUT2D eigenvalue weighted by Gasteiger charge is 2.15. The third-order valence-corrected chi connectivity index (χ3v) is 2.59. The number of rotatable bonds is 3. The van der Waals surface area contributed by atoms with Crippen LogP contribution in [0.1, 0.15) is 15.9 Å². The standard InChI is InChI=1S/C14H8F4O/c15-9-1-3-12(17)8(5-9)6-14(19)11-7-10(16)2-4-13(11)18/h1-5,7H,6H2. The highest BCUT2D eigenvalue weighted by molar-refractivity contribution is 5.97. The Kier molecular flexibility index (Phi) is 3.64. The minimum atomic E-state index is -0.900. The molecule has 0 N–H and O–H groups in total. The van der Waals surface area contributed by atoms with Gasteiger partial charge in [-0.15, -0.1) is 0 Å². The minimum Gasteiger partial charge on any atom is -0.294 e. The van der Waals surface area contributed by atoms with Crippen molar-refractivity contribution in [3.05, 3.63) is 70.8 Å². The van der Waals surface area contributed by atoms with Crippen molar-refractivity contribution in [2.45, 2.75) is 6.42 Å². The van der Waals surface area contributed by atoms with E-state index < -0.39 is 41.0 Å². The molecule has 0 radical (unpaired) electrons. The molecular formula is C14H8F4O. The van der Waals surface area contributed by atoms with Gasteiger partial charge in [-0.2, -0.15) is 0 Å². The number of halogens is 4. The summed E-state index contributed by atoms with van der Waals surface area (Å²) < 4.78 is 52.6. The Hall–Kier alpha value is -2.17. The van der Waals surface area contributed by atoms with Gasteiger partial charge in [0.1, 0.15) is 23.3 Å². The van der Waals surface area contributed by atoms with Gasteiger partial charge in [-0.1, -0.05) is 0 Å². The maximum Gasteiger partial charge on any atom is 0.170 e. The van der Waals surface area contributed by atoms with Crippen LogP contribution in [0.15, 0.2) is 36.4 Å². The van der Waals surface area contributed by atoms with Gasteiger partial charge >= 0.3 is 0 Å². The zero-order valence-corrected chi connectivity index (χ0v) is 9.59. The molecule has 0 aliphatic heterocycles. The molecular weight excluding hydrogens is 260 g/mol. The van der Waals surface area contributed by atoms with Crippen molar-refractivity contribution in [3.8, 4) is 0 Å². The lowest BCUT2D eigenvalue weighted by molar-refractivity contribution is 0.0987. The molecule has 1 nitrogen and oxygen atoms in total. The van der Waals surface area contributed by atoms with E-state index >= 15 is 0 Å². The van der Waals surface area contributed by atoms with E-state index in [9.17, 15) is 22.4 Å². The SMILES string of the molecule is O=C(Cc1cc(F)ccc1F)c1cc(F)ccc1F. The van der Waals surface area contributed by atoms with Gasteiger partial charge in [0.05, 0.1) is 5.56 Å². The molecule has 2 aromatic rings. The molecule has 0 aliphatic rings. The summed E-state index contributed by atoms with van der Waals surface area (Å²) in [5.41, 5.74) is -0.683. The van der Waals surface area contributed by atoms with Crippen LogP contribution in [0.2, 0.25) is 0 Å². The summed E-state index contributed by atoms with van der Waals surface area (Å²) in [6, 6.07) is 5.05. The summed E-state index contributed by atoms with van der Waals surface area (Å²) in [4.78, 5) is 11.8. The van der Waals surface area contributed by atoms with E-state index in [2.05, 4.69) is 0 Å². The van der Waals surface area contributed by atoms with Crippen molar-refractivity contribution >= 4 is 5.78 Å². The first-order valence-electron chi connectivity index (χ1n) is 5.39. The Morgan fingerprint density at radius 3 is 2.11 bits per heavy atom. The first-order valence-corrected chi connectivity index (χ1v) is 5.39. The molecule has 0 atom stereocenters. The van der Waals surface area contributed by atoms with Crippen LogP contribution in [0.5, 0.6) is 0 Å². The van der Waals surface area contributed by atoms with E-state index in [1.165, 1.54) is 0 Å². The number of benzene rings is 2. The van der Waals surface area contributed by atoms with Gasteiger partial charge in [0.2, 0.25) is 0 Å². The maximum atomic E-state index is 13.3. The average Bonchev–Trinajstić information content (AvgIpc) is 2.36. The van der Waals surface area contributed by atoms with E-state index in [0.717, 1.165) is 36.4 Å². The number of carbonyl (C=O) groups excluding carboxylic acids is 1. The van der Waals surface area contributed by atoms with Crippen LogP contribution in [0, 0.1) is 23.3 Å². The lowest BCUT2D eigenvalue weighted by Gasteiger charge is -2.04. The van der Waals surface area contributed by atoms with Gasteiger partial charge in [-0.25, -0.2) is 17.6 Å². The van der Waals surface area contributed by atoms with Crippen molar-refractivity contribution in [1.29, 1.82) is 0 Å². The molecule has 0 aromatic heterocycles. The third kappa shape index (κ3) is 2.99. The molecule has 0 saturated carbocycles. The molecule has 0 spiro atoms. The highest BCUT2D eigenvalue weighted by Crippen LogP contribution is 2.16. The summed E-state index contributed by atoms with van der Waals surface area (Å²) in [5, 5.41) is 0. The Bertz CT molecular complexity index is 637. The number of hydrogen-bond acceptors (Lipinski definition) is 1. The van der Waals surface area contributed by atoms with E-state index in [0.29, 0.717) is 0 Å². The molecule has 0 bridgehead atoms. The summed E-state index contributed by atoms with van der Waals surface area (Å²) in [5.74, 6) is -3.97. The molecule has 0 heterocycles. The fraction of sp³-hybridized carbons (Fsp3) is 0.0714. The fourth-order valence-corrected chi connectivity index (χ4v) is 1.66. The smallest absolute Gasteiger partial charge is 0.170 e. The van der Waals surface area contributed by atoms with Crippen molar-refractivity contribution in [3.63, 3.8) is 0 Å². The van der Waals surface area contributed by atoms with Crippen molar-refractivity contribution < 1.29 is 22.4 Å². The topological polar surface area (TPSA) is 17.1 Å². The quantitative estimate of drug-likeness (QED) is 0.613. The molecule has 98 valence electrons. The van der Waals surface area contributed by atoms with Crippen molar-refractivity contribution in [1.82, 2.24) is 0 Å². The lowest BCUT2D eigenvalue weighted by atomic mass is 10.0. The number of Topliss-reactive ketones (excluding diaryl/α,β-unsaturated/α-hetero) is 1. The zero-order chi connectivity index (χ0) is 14.0. The largest absolute Gasteiger partial charge is 0.294 e. The number of hydrogen-bond donors (Lipinski definition) is 0. The predicted molar refractivity (Wildman–Crippen MR) is 60.8 cm³/mol. The van der Waals surface area contributed by atoms with Crippen LogP contribution < -0.4 is 0 Å². The second kappa shape index (κ2) is 5.22. The Morgan fingerprint density at radius 2 is 1.42 bits per heavy atom. The van der Waals surface area contributed by atoms with E-state index in [-0.39, 0.29) is 5.56 Å². The van der Waals surface area contributed by atoms with E-state index in [1.807, 2.05) is 0 Å². The molecule has 0 amide bonds. The first-order chi connectivity index (χ1) is 8.97. The third-order valence-electron chi connectivity index (χ3n) is 2.59. The predicted octanol–water partition coefficient (Wildman–Crippen LogP) is 3.67. The zero-order valence-electron chi connectivity index (χ0n) is 9.59. The Morgan fingerprint density at radius 1 is 0.842 bits per heavy atom. The molecule has 0 fully saturated rings. The van der Waals surface area contributed by atoms with E-state index in [1.54, 1.807) is 0 Å². The minimum absolute atomic E-state index is 0.200. The van der Waals surface area contributed by atoms with Gasteiger partial charge in [-0.3, -0.25) is 4.79 Å². The van der Waals surface area contributed by atoms with E-state index in [4.69, 9.17) is 0 Å². The van der Waals surface area contributed by atoms with Crippen LogP contribution in [-0.2, 0) is 6.42 Å². The van der Waals surface area contributed by atoms with Crippen LogP contribution in [0.4, 0.5) is 17.6 Å². The van der Waals surface area contributed by atoms with Gasteiger partial charge < -0.3 is 0 Å². The Labute approximate surface area is 106 Å². The monoisotopic (exact) mass is 268 g/mol. The number of carbonyl (C=O) groups is 1. The van der Waals surface area contributed by atoms with Crippen LogP contribution in [0.3, 0.4) is 0 Å². The summed E-state index contributed by atoms with van der Waals surface area (Å²) in [6.45, 7) is 0. The molecule has 2 rings (SSSR count). The van der Waals surface area contributed by atoms with Gasteiger partial charge in [-0.05, 0) is 42.0 Å². The lowest BCUT2D eigenvalue weighted by Crippen LogP contribution is -2.08. The highest BCUT2D eigenvalue weighted by atomic mass is 19.1. The van der Waals surface area contributed by atoms with Crippen LogP contribution >= 0.6 is 0 Å². The number of ketones is 1. The molecule has 0 aliphatic carbocycles. The van der Waals surface area contributed by atoms with Gasteiger partial charge in [0, 0.05) is 6.42 Å². The van der Waals surface area contributed by atoms with Crippen LogP contribution in [-0.4, -0.2) is 5.78 Å². The van der Waals surface area contributed by atoms with Crippen molar-refractivity contribution in [2.24, 2.45) is 0 Å². The maximum absolute atomic E-state index is 13.3. The second-order valence-electron chi connectivity index (χ2n) is 3.96. The molecule has 2 aromatic carbocycles. The molecule has 0 unspecified atom stereocenters. The summed E-state index contributed by atoms with van der Waals surface area (Å²) in [7, 11) is 0. The summed E-state index contributed by atoms with van der Waals surface area (Å²) in [6.07, 6.45) is -0.538. The van der Waals surface area contributed by atoms with Crippen molar-refractivity contribution in [2.75, 3.05) is 0 Å². The normalized spacial score (nSPS) is 10.5. The van der Waals surface area contributed by atoms with Gasteiger partial charge in [0.15, 0.2) is 5.78 Å². The first kappa shape index (κ1) is 13.3. The Balaban J connectivity index is 2.30. The van der Waals surface area contributed by atoms with Gasteiger partial charge in [0.25, 0.3) is 0 Å². The fourth-order valence-electron chi connectivity index (χ4n) is 1.66. The molecule has 5 heteroatoms. The average molecular weight is 268 g/mol. The molecule has 19 heavy (non-hydrogen) atoms. The van der Waals surface area contributed by atoms with Crippen LogP contribution in [0.25, 0.3) is 0 Å². The molecule has 0 saturated heterocycles.